The Labute approximate surface area is 159 Å². The van der Waals surface area contributed by atoms with Crippen molar-refractivity contribution in [1.29, 1.82) is 0 Å². The Morgan fingerprint density at radius 2 is 1.96 bits per heavy atom. The average Bonchev–Trinajstić information content (AvgIpc) is 2.67. The van der Waals surface area contributed by atoms with E-state index in [0.717, 1.165) is 35.0 Å². The largest absolute Gasteiger partial charge is 0.370 e. The number of anilines is 1. The van der Waals surface area contributed by atoms with Gasteiger partial charge >= 0.3 is 0 Å². The first-order valence-electron chi connectivity index (χ1n) is 9.57. The first-order valence-corrected chi connectivity index (χ1v) is 9.57. The summed E-state index contributed by atoms with van der Waals surface area (Å²) in [6.07, 6.45) is 12.6. The summed E-state index contributed by atoms with van der Waals surface area (Å²) in [4.78, 5) is 20.8. The van der Waals surface area contributed by atoms with E-state index in [9.17, 15) is 4.79 Å². The predicted molar refractivity (Wildman–Crippen MR) is 108 cm³/mol. The summed E-state index contributed by atoms with van der Waals surface area (Å²) in [5, 5.41) is 3.40. The molecule has 1 N–H and O–H groups in total. The number of nitrogens with one attached hydrogen (secondary N) is 1. The zero-order valence-corrected chi connectivity index (χ0v) is 15.3. The lowest BCUT2D eigenvalue weighted by atomic mass is 9.83. The summed E-state index contributed by atoms with van der Waals surface area (Å²) in [5.74, 6) is 1.80. The van der Waals surface area contributed by atoms with Crippen LogP contribution < -0.4 is 10.9 Å². The molecule has 0 aliphatic heterocycles. The number of rotatable bonds is 7. The van der Waals surface area contributed by atoms with E-state index in [1.54, 1.807) is 23.0 Å². The number of aromatic nitrogens is 3. The standard InChI is InChI=1S/C22H24N4O/c27-22-9-7-20(16-26(22)15-18-5-2-11-23-13-18)19-6-8-21(25-14-19)24-12-10-17-3-1-4-17/h2,5-9,11,13-14,16-17H,1,3-4,10,12,15H2,(H,24,25). The summed E-state index contributed by atoms with van der Waals surface area (Å²) < 4.78 is 1.71. The fourth-order valence-corrected chi connectivity index (χ4v) is 3.37. The molecular formula is C22H24N4O. The van der Waals surface area contributed by atoms with Crippen LogP contribution in [0, 0.1) is 5.92 Å². The normalized spacial score (nSPS) is 13.9. The second-order valence-electron chi connectivity index (χ2n) is 7.19. The lowest BCUT2D eigenvalue weighted by molar-refractivity contribution is 0.303. The van der Waals surface area contributed by atoms with E-state index in [4.69, 9.17) is 0 Å². The van der Waals surface area contributed by atoms with Crippen molar-refractivity contribution in [3.8, 4) is 11.1 Å². The van der Waals surface area contributed by atoms with Gasteiger partial charge in [-0.3, -0.25) is 9.78 Å². The molecule has 27 heavy (non-hydrogen) atoms. The Kier molecular flexibility index (Phi) is 5.28. The second-order valence-corrected chi connectivity index (χ2v) is 7.19. The van der Waals surface area contributed by atoms with Crippen molar-refractivity contribution in [3.05, 3.63) is 77.1 Å². The summed E-state index contributed by atoms with van der Waals surface area (Å²) in [6.45, 7) is 1.49. The molecule has 3 heterocycles. The van der Waals surface area contributed by atoms with Gasteiger partial charge in [-0.15, -0.1) is 0 Å². The lowest BCUT2D eigenvalue weighted by Crippen LogP contribution is -2.19. The molecule has 5 heteroatoms. The molecule has 0 bridgehead atoms. The molecule has 0 amide bonds. The van der Waals surface area contributed by atoms with Crippen LogP contribution in [-0.4, -0.2) is 21.1 Å². The molecule has 3 aromatic heterocycles. The van der Waals surface area contributed by atoms with Crippen LogP contribution in [0.25, 0.3) is 11.1 Å². The van der Waals surface area contributed by atoms with Gasteiger partial charge in [0.1, 0.15) is 5.82 Å². The molecule has 0 atom stereocenters. The van der Waals surface area contributed by atoms with Gasteiger partial charge in [0.15, 0.2) is 0 Å². The van der Waals surface area contributed by atoms with Crippen LogP contribution >= 0.6 is 0 Å². The molecule has 1 saturated carbocycles. The van der Waals surface area contributed by atoms with Gasteiger partial charge in [0.2, 0.25) is 0 Å². The van der Waals surface area contributed by atoms with Crippen molar-refractivity contribution < 1.29 is 0 Å². The van der Waals surface area contributed by atoms with Gasteiger partial charge in [0.05, 0.1) is 6.54 Å². The number of pyridine rings is 3. The molecule has 1 aliphatic rings. The molecule has 0 spiro atoms. The third kappa shape index (κ3) is 4.42. The minimum atomic E-state index is -0.0233. The van der Waals surface area contributed by atoms with Crippen LogP contribution in [0.4, 0.5) is 5.82 Å². The van der Waals surface area contributed by atoms with Crippen molar-refractivity contribution in [2.24, 2.45) is 5.92 Å². The first-order chi connectivity index (χ1) is 13.3. The van der Waals surface area contributed by atoms with Crippen LogP contribution in [0.15, 0.2) is 66.0 Å². The van der Waals surface area contributed by atoms with E-state index < -0.39 is 0 Å². The molecule has 138 valence electrons. The Balaban J connectivity index is 1.44. The van der Waals surface area contributed by atoms with Crippen molar-refractivity contribution >= 4 is 5.82 Å². The van der Waals surface area contributed by atoms with Gasteiger partial charge in [0.25, 0.3) is 5.56 Å². The van der Waals surface area contributed by atoms with Gasteiger partial charge in [0, 0.05) is 43.0 Å². The molecular weight excluding hydrogens is 336 g/mol. The summed E-state index contributed by atoms with van der Waals surface area (Å²) >= 11 is 0. The van der Waals surface area contributed by atoms with Crippen LogP contribution in [0.2, 0.25) is 0 Å². The number of nitrogens with zero attached hydrogens (tertiary/aromatic N) is 3. The van der Waals surface area contributed by atoms with E-state index in [0.29, 0.717) is 6.54 Å². The highest BCUT2D eigenvalue weighted by Gasteiger charge is 2.16. The van der Waals surface area contributed by atoms with Crippen LogP contribution in [0.3, 0.4) is 0 Å². The monoisotopic (exact) mass is 360 g/mol. The van der Waals surface area contributed by atoms with Crippen molar-refractivity contribution in [1.82, 2.24) is 14.5 Å². The Bertz CT molecular complexity index is 931. The quantitative estimate of drug-likeness (QED) is 0.693. The second kappa shape index (κ2) is 8.16. The van der Waals surface area contributed by atoms with Crippen molar-refractivity contribution in [2.45, 2.75) is 32.2 Å². The van der Waals surface area contributed by atoms with Gasteiger partial charge in [-0.2, -0.15) is 0 Å². The first kappa shape index (κ1) is 17.5. The fraction of sp³-hybridized carbons (Fsp3) is 0.318. The van der Waals surface area contributed by atoms with Crippen LogP contribution in [-0.2, 0) is 6.54 Å². The third-order valence-electron chi connectivity index (χ3n) is 5.24. The van der Waals surface area contributed by atoms with Crippen LogP contribution in [0.5, 0.6) is 0 Å². The maximum Gasteiger partial charge on any atom is 0.250 e. The Hall–Kier alpha value is -2.95. The Morgan fingerprint density at radius 1 is 1.07 bits per heavy atom. The lowest BCUT2D eigenvalue weighted by Gasteiger charge is -2.25. The molecule has 5 nitrogen and oxygen atoms in total. The summed E-state index contributed by atoms with van der Waals surface area (Å²) in [6, 6.07) is 11.4. The SMILES string of the molecule is O=c1ccc(-c2ccc(NCCC3CCC3)nc2)cn1Cc1cccnc1. The average molecular weight is 360 g/mol. The highest BCUT2D eigenvalue weighted by Crippen LogP contribution is 2.29. The minimum absolute atomic E-state index is 0.0233. The van der Waals surface area contributed by atoms with E-state index in [-0.39, 0.29) is 5.56 Å². The third-order valence-corrected chi connectivity index (χ3v) is 5.24. The van der Waals surface area contributed by atoms with E-state index in [1.165, 1.54) is 25.7 Å². The molecule has 1 fully saturated rings. The predicted octanol–water partition coefficient (Wildman–Crippen LogP) is 3.96. The number of hydrogen-bond acceptors (Lipinski definition) is 4. The van der Waals surface area contributed by atoms with Gasteiger partial charge in [-0.1, -0.05) is 25.3 Å². The van der Waals surface area contributed by atoms with Gasteiger partial charge in [-0.05, 0) is 47.7 Å². The van der Waals surface area contributed by atoms with Crippen molar-refractivity contribution in [2.75, 3.05) is 11.9 Å². The molecule has 0 unspecified atom stereocenters. The summed E-state index contributed by atoms with van der Waals surface area (Å²) in [5.41, 5.74) is 2.96. The van der Waals surface area contributed by atoms with Gasteiger partial charge < -0.3 is 9.88 Å². The van der Waals surface area contributed by atoms with Crippen molar-refractivity contribution in [3.63, 3.8) is 0 Å². The zero-order chi connectivity index (χ0) is 18.5. The van der Waals surface area contributed by atoms with Gasteiger partial charge in [-0.25, -0.2) is 4.98 Å². The van der Waals surface area contributed by atoms with E-state index >= 15 is 0 Å². The number of hydrogen-bond donors (Lipinski definition) is 1. The molecule has 3 aromatic rings. The minimum Gasteiger partial charge on any atom is -0.370 e. The maximum absolute atomic E-state index is 12.2. The highest BCUT2D eigenvalue weighted by molar-refractivity contribution is 5.62. The molecule has 0 aromatic carbocycles. The smallest absolute Gasteiger partial charge is 0.250 e. The Morgan fingerprint density at radius 3 is 2.67 bits per heavy atom. The van der Waals surface area contributed by atoms with E-state index in [2.05, 4.69) is 15.3 Å². The highest BCUT2D eigenvalue weighted by atomic mass is 16.1. The molecule has 0 radical (unpaired) electrons. The molecule has 0 saturated heterocycles. The molecule has 4 rings (SSSR count). The summed E-state index contributed by atoms with van der Waals surface area (Å²) in [7, 11) is 0. The van der Waals surface area contributed by atoms with E-state index in [1.807, 2.05) is 42.7 Å². The van der Waals surface area contributed by atoms with Crippen LogP contribution in [0.1, 0.15) is 31.2 Å². The topological polar surface area (TPSA) is 59.8 Å². The molecule has 1 aliphatic carbocycles. The fourth-order valence-electron chi connectivity index (χ4n) is 3.37. The maximum atomic E-state index is 12.2. The zero-order valence-electron chi connectivity index (χ0n) is 15.3.